The Morgan fingerprint density at radius 1 is 0.939 bits per heavy atom. The summed E-state index contributed by atoms with van der Waals surface area (Å²) in [7, 11) is 1.58. The topological polar surface area (TPSA) is 77.8 Å². The van der Waals surface area contributed by atoms with Gasteiger partial charge in [-0.3, -0.25) is 9.59 Å². The van der Waals surface area contributed by atoms with Crippen molar-refractivity contribution in [2.75, 3.05) is 19.0 Å². The summed E-state index contributed by atoms with van der Waals surface area (Å²) in [6.45, 7) is 5.46. The van der Waals surface area contributed by atoms with Crippen LogP contribution in [0.3, 0.4) is 0 Å². The van der Waals surface area contributed by atoms with Gasteiger partial charge in [0.2, 0.25) is 11.2 Å². The van der Waals surface area contributed by atoms with Gasteiger partial charge in [0.05, 0.1) is 12.5 Å². The van der Waals surface area contributed by atoms with E-state index in [1.165, 1.54) is 0 Å². The molecule has 1 amide bonds. The summed E-state index contributed by atoms with van der Waals surface area (Å²) >= 11 is 0. The molecule has 0 saturated carbocycles. The summed E-state index contributed by atoms with van der Waals surface area (Å²) < 4.78 is 17.1. The Morgan fingerprint density at radius 2 is 1.64 bits per heavy atom. The molecule has 1 heterocycles. The number of para-hydroxylation sites is 1. The molecule has 0 saturated heterocycles. The molecule has 0 aliphatic heterocycles. The van der Waals surface area contributed by atoms with Gasteiger partial charge in [0.25, 0.3) is 5.91 Å². The quantitative estimate of drug-likeness (QED) is 0.431. The maximum absolute atomic E-state index is 13.4. The second-order valence-electron chi connectivity index (χ2n) is 7.90. The Hall–Kier alpha value is -4.06. The number of carbonyl (C=O) groups excluding carboxylic acids is 1. The summed E-state index contributed by atoms with van der Waals surface area (Å²) in [5.74, 6) is 0.566. The normalized spacial score (nSPS) is 10.8. The van der Waals surface area contributed by atoms with Crippen molar-refractivity contribution in [2.24, 2.45) is 0 Å². The molecule has 0 spiro atoms. The molecule has 3 aromatic carbocycles. The number of hydrogen-bond acceptors (Lipinski definition) is 5. The molecule has 1 aromatic heterocycles. The maximum atomic E-state index is 13.4. The zero-order valence-electron chi connectivity index (χ0n) is 19.0. The summed E-state index contributed by atoms with van der Waals surface area (Å²) in [6, 6.07) is 18.2. The number of ether oxygens (including phenoxy) is 2. The number of amides is 1. The lowest BCUT2D eigenvalue weighted by Crippen LogP contribution is -2.23. The van der Waals surface area contributed by atoms with Crippen LogP contribution in [-0.2, 0) is 4.79 Å². The third kappa shape index (κ3) is 4.60. The van der Waals surface area contributed by atoms with Crippen molar-refractivity contribution in [2.45, 2.75) is 20.8 Å². The lowest BCUT2D eigenvalue weighted by Gasteiger charge is -2.13. The van der Waals surface area contributed by atoms with E-state index in [0.717, 1.165) is 16.7 Å². The monoisotopic (exact) mass is 443 g/mol. The minimum atomic E-state index is -0.371. The molecule has 0 unspecified atom stereocenters. The summed E-state index contributed by atoms with van der Waals surface area (Å²) in [6.07, 6.45) is 0. The largest absolute Gasteiger partial charge is 0.497 e. The standard InChI is InChI=1S/C27H25NO5/c1-16-7-5-6-8-22(16)28-24(29)15-32-27-25(30)21-13-17(2)18(3)14-23(21)33-26(27)19-9-11-20(31-4)12-10-19/h5-14H,15H2,1-4H3,(H,28,29). The first-order valence-electron chi connectivity index (χ1n) is 10.6. The molecule has 6 heteroatoms. The van der Waals surface area contributed by atoms with E-state index in [9.17, 15) is 9.59 Å². The highest BCUT2D eigenvalue weighted by Gasteiger charge is 2.20. The van der Waals surface area contributed by atoms with Gasteiger partial charge < -0.3 is 19.2 Å². The second-order valence-corrected chi connectivity index (χ2v) is 7.90. The minimum absolute atomic E-state index is 0.00384. The Labute approximate surface area is 191 Å². The number of hydrogen-bond donors (Lipinski definition) is 1. The average Bonchev–Trinajstić information content (AvgIpc) is 2.81. The van der Waals surface area contributed by atoms with Crippen LogP contribution in [0.5, 0.6) is 11.5 Å². The first kappa shape index (κ1) is 22.1. The van der Waals surface area contributed by atoms with Crippen LogP contribution >= 0.6 is 0 Å². The van der Waals surface area contributed by atoms with Crippen LogP contribution < -0.4 is 20.2 Å². The molecule has 0 radical (unpaired) electrons. The van der Waals surface area contributed by atoms with Crippen LogP contribution in [0, 0.1) is 20.8 Å². The van der Waals surface area contributed by atoms with E-state index < -0.39 is 0 Å². The van der Waals surface area contributed by atoms with Crippen molar-refractivity contribution in [3.05, 3.63) is 87.6 Å². The fourth-order valence-electron chi connectivity index (χ4n) is 3.53. The summed E-state index contributed by atoms with van der Waals surface area (Å²) in [5, 5.41) is 3.22. The van der Waals surface area contributed by atoms with E-state index in [0.29, 0.717) is 28.0 Å². The van der Waals surface area contributed by atoms with Gasteiger partial charge in [0.1, 0.15) is 11.3 Å². The molecule has 33 heavy (non-hydrogen) atoms. The lowest BCUT2D eigenvalue weighted by molar-refractivity contribution is -0.118. The third-order valence-corrected chi connectivity index (χ3v) is 5.58. The molecule has 0 atom stereocenters. The lowest BCUT2D eigenvalue weighted by atomic mass is 10.0. The number of benzene rings is 3. The zero-order chi connectivity index (χ0) is 23.5. The Bertz CT molecular complexity index is 1390. The minimum Gasteiger partial charge on any atom is -0.497 e. The molecule has 1 N–H and O–H groups in total. The van der Waals surface area contributed by atoms with E-state index in [1.807, 2.05) is 51.1 Å². The third-order valence-electron chi connectivity index (χ3n) is 5.58. The first-order chi connectivity index (χ1) is 15.9. The van der Waals surface area contributed by atoms with Crippen LogP contribution in [-0.4, -0.2) is 19.6 Å². The molecule has 0 aliphatic carbocycles. The molecule has 4 aromatic rings. The molecule has 0 aliphatic rings. The smallest absolute Gasteiger partial charge is 0.262 e. The number of rotatable bonds is 6. The SMILES string of the molecule is COc1ccc(-c2oc3cc(C)c(C)cc3c(=O)c2OCC(=O)Nc2ccccc2C)cc1. The van der Waals surface area contributed by atoms with Gasteiger partial charge in [-0.2, -0.15) is 0 Å². The molecule has 168 valence electrons. The highest BCUT2D eigenvalue weighted by atomic mass is 16.5. The van der Waals surface area contributed by atoms with Crippen LogP contribution in [0.25, 0.3) is 22.3 Å². The molecular weight excluding hydrogens is 418 g/mol. The van der Waals surface area contributed by atoms with Gasteiger partial charge in [-0.25, -0.2) is 0 Å². The first-order valence-corrected chi connectivity index (χ1v) is 10.6. The predicted molar refractivity (Wildman–Crippen MR) is 129 cm³/mol. The van der Waals surface area contributed by atoms with Gasteiger partial charge in [0.15, 0.2) is 12.4 Å². The Kier molecular flexibility index (Phi) is 6.18. The number of methoxy groups -OCH3 is 1. The predicted octanol–water partition coefficient (Wildman–Crippen LogP) is 5.41. The van der Waals surface area contributed by atoms with E-state index >= 15 is 0 Å². The zero-order valence-corrected chi connectivity index (χ0v) is 19.0. The summed E-state index contributed by atoms with van der Waals surface area (Å²) in [5.41, 5.74) is 4.38. The van der Waals surface area contributed by atoms with Crippen LogP contribution in [0.2, 0.25) is 0 Å². The fraction of sp³-hybridized carbons (Fsp3) is 0.185. The van der Waals surface area contributed by atoms with Crippen molar-refractivity contribution < 1.29 is 18.7 Å². The van der Waals surface area contributed by atoms with Crippen LogP contribution in [0.15, 0.2) is 69.9 Å². The van der Waals surface area contributed by atoms with Crippen molar-refractivity contribution in [1.82, 2.24) is 0 Å². The molecular formula is C27H25NO5. The Morgan fingerprint density at radius 3 is 2.33 bits per heavy atom. The average molecular weight is 443 g/mol. The van der Waals surface area contributed by atoms with E-state index in [1.54, 1.807) is 37.4 Å². The van der Waals surface area contributed by atoms with Crippen molar-refractivity contribution in [3.63, 3.8) is 0 Å². The Balaban J connectivity index is 1.73. The van der Waals surface area contributed by atoms with Gasteiger partial charge >= 0.3 is 0 Å². The highest BCUT2D eigenvalue weighted by Crippen LogP contribution is 2.33. The number of nitrogens with one attached hydrogen (secondary N) is 1. The van der Waals surface area contributed by atoms with Gasteiger partial charge in [-0.05, 0) is 79.9 Å². The van der Waals surface area contributed by atoms with Crippen LogP contribution in [0.4, 0.5) is 5.69 Å². The molecule has 6 nitrogen and oxygen atoms in total. The van der Waals surface area contributed by atoms with E-state index in [2.05, 4.69) is 5.32 Å². The molecule has 0 fully saturated rings. The van der Waals surface area contributed by atoms with Crippen LogP contribution in [0.1, 0.15) is 16.7 Å². The van der Waals surface area contributed by atoms with Gasteiger partial charge in [-0.1, -0.05) is 18.2 Å². The van der Waals surface area contributed by atoms with Gasteiger partial charge in [-0.15, -0.1) is 0 Å². The van der Waals surface area contributed by atoms with E-state index in [-0.39, 0.29) is 29.5 Å². The number of aryl methyl sites for hydroxylation is 3. The van der Waals surface area contributed by atoms with Crippen molar-refractivity contribution in [1.29, 1.82) is 0 Å². The molecule has 4 rings (SSSR count). The number of fused-ring (bicyclic) bond motifs is 1. The summed E-state index contributed by atoms with van der Waals surface area (Å²) in [4.78, 5) is 26.0. The number of anilines is 1. The van der Waals surface area contributed by atoms with Crippen molar-refractivity contribution >= 4 is 22.6 Å². The van der Waals surface area contributed by atoms with E-state index in [4.69, 9.17) is 13.9 Å². The van der Waals surface area contributed by atoms with Crippen molar-refractivity contribution in [3.8, 4) is 22.8 Å². The molecule has 0 bridgehead atoms. The second kappa shape index (κ2) is 9.20. The van der Waals surface area contributed by atoms with Gasteiger partial charge in [0, 0.05) is 11.3 Å². The maximum Gasteiger partial charge on any atom is 0.262 e. The highest BCUT2D eigenvalue weighted by molar-refractivity contribution is 5.93. The number of carbonyl (C=O) groups is 1. The fourth-order valence-corrected chi connectivity index (χ4v) is 3.53.